The number of carbonyl (C=O) groups is 1. The molecular weight excluding hydrogens is 472 g/mol. The molecule has 9 heteroatoms. The molecule has 1 heterocycles. The van der Waals surface area contributed by atoms with Gasteiger partial charge in [-0.2, -0.15) is 0 Å². The average Bonchev–Trinajstić information content (AvgIpc) is 2.78. The normalized spacial score (nSPS) is 14.0. The highest BCUT2D eigenvalue weighted by molar-refractivity contribution is 7.52. The topological polar surface area (TPSA) is 117 Å². The number of hydrogen-bond donors (Lipinski definition) is 3. The second-order valence-corrected chi connectivity index (χ2v) is 10.6. The lowest BCUT2D eigenvalue weighted by molar-refractivity contribution is -0.138. The van der Waals surface area contributed by atoms with Gasteiger partial charge >= 0.3 is 13.6 Å². The Balaban J connectivity index is 2.12. The predicted molar refractivity (Wildman–Crippen MR) is 132 cm³/mol. The number of rotatable bonds is 10. The van der Waals surface area contributed by atoms with Crippen molar-refractivity contribution in [3.8, 4) is 22.4 Å². The van der Waals surface area contributed by atoms with Gasteiger partial charge in [0.05, 0.1) is 31.0 Å². The van der Waals surface area contributed by atoms with Crippen LogP contribution in [0.15, 0.2) is 54.6 Å². The van der Waals surface area contributed by atoms with Crippen LogP contribution >= 0.6 is 7.60 Å². The molecule has 2 unspecified atom stereocenters. The summed E-state index contributed by atoms with van der Waals surface area (Å²) in [6, 6.07) is 15.6. The molecule has 0 fully saturated rings. The second kappa shape index (κ2) is 11.2. The summed E-state index contributed by atoms with van der Waals surface area (Å²) in [6.07, 6.45) is -2.90. The van der Waals surface area contributed by atoms with Crippen LogP contribution in [0.3, 0.4) is 0 Å². The number of aliphatic hydroxyl groups is 1. The summed E-state index contributed by atoms with van der Waals surface area (Å²) in [5.74, 6) is -1.75. The molecule has 3 rings (SSSR count). The molecule has 0 radical (unpaired) electrons. The highest BCUT2D eigenvalue weighted by Gasteiger charge is 2.28. The fourth-order valence-electron chi connectivity index (χ4n) is 4.00. The molecule has 0 aliphatic heterocycles. The van der Waals surface area contributed by atoms with Gasteiger partial charge in [0.15, 0.2) is 0 Å². The summed E-state index contributed by atoms with van der Waals surface area (Å²) in [5, 5.41) is 18.6. The average molecular weight is 501 g/mol. The lowest BCUT2D eigenvalue weighted by atomic mass is 9.89. The molecule has 0 saturated carbocycles. The first-order chi connectivity index (χ1) is 16.5. The molecule has 2 atom stereocenters. The predicted octanol–water partition coefficient (Wildman–Crippen LogP) is 5.52. The molecule has 1 aromatic heterocycles. The van der Waals surface area contributed by atoms with E-state index < -0.39 is 38.1 Å². The zero-order valence-electron chi connectivity index (χ0n) is 19.8. The maximum absolute atomic E-state index is 13.7. The maximum Gasteiger partial charge on any atom is 0.331 e. The van der Waals surface area contributed by atoms with Crippen molar-refractivity contribution < 1.29 is 33.4 Å². The summed E-state index contributed by atoms with van der Waals surface area (Å²) in [7, 11) is -4.33. The van der Waals surface area contributed by atoms with E-state index in [2.05, 4.69) is 0 Å². The number of hydrogen-bond acceptors (Lipinski definition) is 5. The highest BCUT2D eigenvalue weighted by atomic mass is 31.2. The van der Waals surface area contributed by atoms with E-state index in [0.29, 0.717) is 22.4 Å². The molecule has 0 saturated heterocycles. The van der Waals surface area contributed by atoms with Crippen LogP contribution in [-0.4, -0.2) is 38.3 Å². The molecular formula is C26H29FNO6P. The van der Waals surface area contributed by atoms with E-state index in [4.69, 9.17) is 14.6 Å². The minimum absolute atomic E-state index is 0.0773. The van der Waals surface area contributed by atoms with Crippen molar-refractivity contribution in [2.24, 2.45) is 0 Å². The van der Waals surface area contributed by atoms with Crippen molar-refractivity contribution in [1.82, 2.24) is 4.98 Å². The van der Waals surface area contributed by atoms with Gasteiger partial charge in [-0.1, -0.05) is 56.3 Å². The van der Waals surface area contributed by atoms with E-state index in [9.17, 15) is 23.7 Å². The van der Waals surface area contributed by atoms with Crippen LogP contribution < -0.4 is 0 Å². The Kier molecular flexibility index (Phi) is 8.56. The van der Waals surface area contributed by atoms with Gasteiger partial charge in [-0.25, -0.2) is 4.39 Å². The van der Waals surface area contributed by atoms with E-state index in [1.807, 2.05) is 51.1 Å². The minimum Gasteiger partial charge on any atom is -0.481 e. The van der Waals surface area contributed by atoms with Crippen LogP contribution in [0, 0.1) is 12.7 Å². The number of halogens is 1. The third-order valence-corrected chi connectivity index (χ3v) is 6.98. The van der Waals surface area contributed by atoms with E-state index >= 15 is 0 Å². The molecule has 0 bridgehead atoms. The van der Waals surface area contributed by atoms with Gasteiger partial charge in [0.2, 0.25) is 0 Å². The van der Waals surface area contributed by atoms with Gasteiger partial charge in [-0.15, -0.1) is 0 Å². The fraction of sp³-hybridized carbons (Fsp3) is 0.308. The molecule has 0 spiro atoms. The van der Waals surface area contributed by atoms with Crippen LogP contribution in [0.25, 0.3) is 22.4 Å². The molecule has 2 aromatic carbocycles. The standard InChI is InChI=1S/C26H29FNO6P/c1-16(2)25-22(14-34-35(32,33)15-21(29)13-23(30)31)24(18-9-11-20(27)12-10-18)17(3)26(28-25)19-7-5-4-6-8-19/h4-12,16,21,29H,13-15H2,1-3H3,(H,30,31)(H,32,33). The second-order valence-electron chi connectivity index (χ2n) is 8.70. The van der Waals surface area contributed by atoms with Gasteiger partial charge in [-0.05, 0) is 41.7 Å². The molecule has 0 amide bonds. The van der Waals surface area contributed by atoms with Crippen LogP contribution in [0.2, 0.25) is 0 Å². The Morgan fingerprint density at radius 2 is 1.71 bits per heavy atom. The molecule has 3 N–H and O–H groups in total. The highest BCUT2D eigenvalue weighted by Crippen LogP contribution is 2.46. The van der Waals surface area contributed by atoms with Crippen LogP contribution in [0.5, 0.6) is 0 Å². The Hall–Kier alpha value is -2.90. The number of carboxylic acid groups (broad SMARTS) is 1. The molecule has 35 heavy (non-hydrogen) atoms. The van der Waals surface area contributed by atoms with E-state index in [0.717, 1.165) is 16.8 Å². The number of aromatic nitrogens is 1. The monoisotopic (exact) mass is 501 g/mol. The number of benzene rings is 2. The largest absolute Gasteiger partial charge is 0.481 e. The van der Waals surface area contributed by atoms with Crippen molar-refractivity contribution >= 4 is 13.6 Å². The third-order valence-electron chi connectivity index (χ3n) is 5.56. The smallest absolute Gasteiger partial charge is 0.331 e. The van der Waals surface area contributed by atoms with E-state index in [1.165, 1.54) is 12.1 Å². The van der Waals surface area contributed by atoms with Gasteiger partial charge in [0.1, 0.15) is 5.82 Å². The summed E-state index contributed by atoms with van der Waals surface area (Å²) in [5.41, 5.74) is 5.07. The quantitative estimate of drug-likeness (QED) is 0.313. The van der Waals surface area contributed by atoms with Gasteiger partial charge in [0, 0.05) is 16.8 Å². The van der Waals surface area contributed by atoms with Crippen LogP contribution in [0.4, 0.5) is 4.39 Å². The number of aliphatic carboxylic acids is 1. The van der Waals surface area contributed by atoms with Crippen molar-refractivity contribution in [2.45, 2.75) is 45.8 Å². The van der Waals surface area contributed by atoms with Crippen molar-refractivity contribution in [1.29, 1.82) is 0 Å². The van der Waals surface area contributed by atoms with Crippen molar-refractivity contribution in [2.75, 3.05) is 6.16 Å². The minimum atomic E-state index is -4.33. The first kappa shape index (κ1) is 26.7. The van der Waals surface area contributed by atoms with Crippen LogP contribution in [-0.2, 0) is 20.5 Å². The Morgan fingerprint density at radius 1 is 1.09 bits per heavy atom. The number of nitrogens with zero attached hydrogens (tertiary/aromatic N) is 1. The Bertz CT molecular complexity index is 1230. The van der Waals surface area contributed by atoms with Crippen molar-refractivity contribution in [3.05, 3.63) is 77.2 Å². The lowest BCUT2D eigenvalue weighted by Gasteiger charge is -2.23. The molecule has 7 nitrogen and oxygen atoms in total. The van der Waals surface area contributed by atoms with E-state index in [1.54, 1.807) is 12.1 Å². The van der Waals surface area contributed by atoms with Crippen LogP contribution in [0.1, 0.15) is 43.0 Å². The fourth-order valence-corrected chi connectivity index (χ4v) is 5.10. The zero-order valence-corrected chi connectivity index (χ0v) is 20.7. The molecule has 3 aromatic rings. The zero-order chi connectivity index (χ0) is 25.8. The number of carboxylic acids is 1. The van der Waals surface area contributed by atoms with Gasteiger partial charge in [-0.3, -0.25) is 14.3 Å². The lowest BCUT2D eigenvalue weighted by Crippen LogP contribution is -2.18. The Morgan fingerprint density at radius 3 is 2.29 bits per heavy atom. The van der Waals surface area contributed by atoms with E-state index in [-0.39, 0.29) is 12.5 Å². The van der Waals surface area contributed by atoms with Gasteiger partial charge < -0.3 is 19.6 Å². The number of aliphatic hydroxyl groups excluding tert-OH is 1. The SMILES string of the molecule is Cc1c(-c2ccccc2)nc(C(C)C)c(COP(=O)(O)CC(O)CC(=O)O)c1-c1ccc(F)cc1. The summed E-state index contributed by atoms with van der Waals surface area (Å²) < 4.78 is 31.7. The maximum atomic E-state index is 13.7. The molecule has 0 aliphatic carbocycles. The summed E-state index contributed by atoms with van der Waals surface area (Å²) in [4.78, 5) is 26.0. The van der Waals surface area contributed by atoms with Gasteiger partial charge in [0.25, 0.3) is 0 Å². The number of pyridine rings is 1. The first-order valence-electron chi connectivity index (χ1n) is 11.2. The Labute approximate surface area is 203 Å². The van der Waals surface area contributed by atoms with Crippen molar-refractivity contribution in [3.63, 3.8) is 0 Å². The summed E-state index contributed by atoms with van der Waals surface area (Å²) >= 11 is 0. The summed E-state index contributed by atoms with van der Waals surface area (Å²) in [6.45, 7) is 5.48. The molecule has 0 aliphatic rings. The third kappa shape index (κ3) is 6.83. The molecule has 186 valence electrons. The first-order valence-corrected chi connectivity index (χ1v) is 13.0.